The molecule has 2 atom stereocenters. The van der Waals surface area contributed by atoms with Gasteiger partial charge in [-0.05, 0) is 38.4 Å². The molecule has 130 valence electrons. The van der Waals surface area contributed by atoms with Crippen LogP contribution in [0.1, 0.15) is 19.8 Å². The van der Waals surface area contributed by atoms with Gasteiger partial charge in [0.25, 0.3) is 0 Å². The predicted octanol–water partition coefficient (Wildman–Crippen LogP) is 2.51. The Hall–Kier alpha value is -2.34. The van der Waals surface area contributed by atoms with E-state index >= 15 is 0 Å². The van der Waals surface area contributed by atoms with Crippen molar-refractivity contribution in [3.63, 3.8) is 0 Å². The Balaban J connectivity index is 1.89. The normalized spacial score (nSPS) is 18.8. The van der Waals surface area contributed by atoms with E-state index in [1.807, 2.05) is 49.2 Å². The third-order valence-corrected chi connectivity index (χ3v) is 4.05. The second kappa shape index (κ2) is 9.08. The van der Waals surface area contributed by atoms with E-state index in [1.54, 1.807) is 11.3 Å². The standard InChI is InChI=1S/C18H27N5O/c1-15(23(19-3)17-9-8-12-20-13-17)21-14-22(4)16(2)24-18-10-6-5-7-11-18/h5-7,10-11,14,16-17,20H,1,3,8-9,12-13H2,2,4H3/b21-14-/t16?,17-/m1/s1. The molecule has 1 aliphatic rings. The number of para-hydroxylation sites is 1. The van der Waals surface area contributed by atoms with Crippen LogP contribution in [0.15, 0.2) is 52.8 Å². The summed E-state index contributed by atoms with van der Waals surface area (Å²) in [6.45, 7) is 11.6. The number of nitrogens with zero attached hydrogens (tertiary/aromatic N) is 4. The van der Waals surface area contributed by atoms with Crippen molar-refractivity contribution in [3.8, 4) is 5.75 Å². The number of piperidine rings is 1. The lowest BCUT2D eigenvalue weighted by molar-refractivity contribution is 0.116. The molecular formula is C18H27N5O. The number of benzene rings is 1. The Morgan fingerprint density at radius 2 is 2.17 bits per heavy atom. The van der Waals surface area contributed by atoms with Crippen LogP contribution in [-0.2, 0) is 0 Å². The number of ether oxygens (including phenoxy) is 1. The van der Waals surface area contributed by atoms with E-state index in [9.17, 15) is 0 Å². The van der Waals surface area contributed by atoms with Crippen molar-refractivity contribution in [1.29, 1.82) is 0 Å². The maximum absolute atomic E-state index is 5.86. The maximum atomic E-state index is 5.86. The molecule has 2 rings (SSSR count). The fourth-order valence-corrected chi connectivity index (χ4v) is 2.54. The maximum Gasteiger partial charge on any atom is 0.169 e. The van der Waals surface area contributed by atoms with Gasteiger partial charge in [0.15, 0.2) is 6.23 Å². The van der Waals surface area contributed by atoms with Crippen LogP contribution >= 0.6 is 0 Å². The summed E-state index contributed by atoms with van der Waals surface area (Å²) in [6.07, 6.45) is 3.74. The van der Waals surface area contributed by atoms with Crippen molar-refractivity contribution in [3.05, 3.63) is 42.7 Å². The average Bonchev–Trinajstić information content (AvgIpc) is 2.62. The fourth-order valence-electron chi connectivity index (χ4n) is 2.54. The summed E-state index contributed by atoms with van der Waals surface area (Å²) in [5.41, 5.74) is 0. The van der Waals surface area contributed by atoms with Crippen molar-refractivity contribution < 1.29 is 4.74 Å². The molecule has 0 saturated carbocycles. The van der Waals surface area contributed by atoms with Crippen LogP contribution in [0.5, 0.6) is 5.75 Å². The third kappa shape index (κ3) is 5.09. The molecule has 1 saturated heterocycles. The van der Waals surface area contributed by atoms with Crippen LogP contribution in [0.4, 0.5) is 0 Å². The highest BCUT2D eigenvalue weighted by atomic mass is 16.5. The summed E-state index contributed by atoms with van der Waals surface area (Å²) >= 11 is 0. The Morgan fingerprint density at radius 1 is 1.42 bits per heavy atom. The molecule has 1 aromatic rings. The SMILES string of the molecule is C=NN(C(=C)/N=C\N(C)C(C)Oc1ccccc1)[C@@H]1CCCNC1. The second-order valence-corrected chi connectivity index (χ2v) is 5.84. The molecule has 1 N–H and O–H groups in total. The van der Waals surface area contributed by atoms with Gasteiger partial charge in [-0.2, -0.15) is 5.10 Å². The number of hydrazone groups is 1. The second-order valence-electron chi connectivity index (χ2n) is 5.84. The molecule has 1 aromatic carbocycles. The molecule has 0 amide bonds. The number of aliphatic imine (C=N–C) groups is 1. The minimum Gasteiger partial charge on any atom is -0.471 e. The van der Waals surface area contributed by atoms with Crippen LogP contribution < -0.4 is 10.1 Å². The van der Waals surface area contributed by atoms with Gasteiger partial charge in [-0.3, -0.25) is 0 Å². The Morgan fingerprint density at radius 3 is 2.79 bits per heavy atom. The van der Waals surface area contributed by atoms with Crippen LogP contribution in [0, 0.1) is 0 Å². The lowest BCUT2D eigenvalue weighted by Gasteiger charge is -2.32. The molecule has 0 aromatic heterocycles. The van der Waals surface area contributed by atoms with Crippen molar-refractivity contribution in [2.45, 2.75) is 32.0 Å². The molecule has 6 heteroatoms. The van der Waals surface area contributed by atoms with E-state index in [0.717, 1.165) is 31.7 Å². The molecule has 0 aliphatic carbocycles. The van der Waals surface area contributed by atoms with Gasteiger partial charge < -0.3 is 15.0 Å². The number of nitrogens with one attached hydrogen (secondary N) is 1. The van der Waals surface area contributed by atoms with E-state index in [4.69, 9.17) is 4.74 Å². The molecule has 1 fully saturated rings. The van der Waals surface area contributed by atoms with Gasteiger partial charge >= 0.3 is 0 Å². The zero-order chi connectivity index (χ0) is 17.4. The zero-order valence-corrected chi connectivity index (χ0v) is 14.6. The van der Waals surface area contributed by atoms with Crippen molar-refractivity contribution in [2.75, 3.05) is 20.1 Å². The first-order valence-corrected chi connectivity index (χ1v) is 8.25. The number of hydrogen-bond acceptors (Lipinski definition) is 5. The highest BCUT2D eigenvalue weighted by Crippen LogP contribution is 2.16. The van der Waals surface area contributed by atoms with Gasteiger partial charge in [0.2, 0.25) is 0 Å². The molecule has 6 nitrogen and oxygen atoms in total. The largest absolute Gasteiger partial charge is 0.471 e. The Bertz CT molecular complexity index is 554. The summed E-state index contributed by atoms with van der Waals surface area (Å²) < 4.78 is 5.86. The molecule has 0 spiro atoms. The zero-order valence-electron chi connectivity index (χ0n) is 14.6. The summed E-state index contributed by atoms with van der Waals surface area (Å²) in [5.74, 6) is 1.41. The lowest BCUT2D eigenvalue weighted by atomic mass is 10.1. The Labute approximate surface area is 144 Å². The van der Waals surface area contributed by atoms with Gasteiger partial charge in [0.05, 0.1) is 12.4 Å². The van der Waals surface area contributed by atoms with Crippen LogP contribution in [0.3, 0.4) is 0 Å². The summed E-state index contributed by atoms with van der Waals surface area (Å²) in [5, 5.41) is 9.24. The van der Waals surface area contributed by atoms with E-state index in [2.05, 4.69) is 28.7 Å². The smallest absolute Gasteiger partial charge is 0.169 e. The first-order valence-electron chi connectivity index (χ1n) is 8.25. The van der Waals surface area contributed by atoms with E-state index in [1.165, 1.54) is 0 Å². The van der Waals surface area contributed by atoms with Gasteiger partial charge in [-0.15, -0.1) is 0 Å². The molecular weight excluding hydrogens is 302 g/mol. The molecule has 0 radical (unpaired) electrons. The van der Waals surface area contributed by atoms with Crippen LogP contribution in [-0.4, -0.2) is 55.4 Å². The van der Waals surface area contributed by atoms with Gasteiger partial charge in [0, 0.05) is 20.3 Å². The minimum absolute atomic E-state index is 0.148. The molecule has 1 aliphatic heterocycles. The highest BCUT2D eigenvalue weighted by Gasteiger charge is 2.21. The number of hydrogen-bond donors (Lipinski definition) is 1. The van der Waals surface area contributed by atoms with Crippen LogP contribution in [0.2, 0.25) is 0 Å². The third-order valence-electron chi connectivity index (χ3n) is 4.05. The molecule has 24 heavy (non-hydrogen) atoms. The predicted molar refractivity (Wildman–Crippen MR) is 99.2 cm³/mol. The highest BCUT2D eigenvalue weighted by molar-refractivity contribution is 5.56. The molecule has 1 unspecified atom stereocenters. The molecule has 1 heterocycles. The summed E-state index contributed by atoms with van der Waals surface area (Å²) in [7, 11) is 1.91. The van der Waals surface area contributed by atoms with Crippen molar-refractivity contribution >= 4 is 13.1 Å². The first kappa shape index (κ1) is 18.0. The minimum atomic E-state index is -0.148. The van der Waals surface area contributed by atoms with Gasteiger partial charge in [-0.1, -0.05) is 24.8 Å². The fraction of sp³-hybridized carbons (Fsp3) is 0.444. The quantitative estimate of drug-likeness (QED) is 0.345. The number of rotatable bonds is 8. The molecule has 0 bridgehead atoms. The van der Waals surface area contributed by atoms with Crippen LogP contribution in [0.25, 0.3) is 0 Å². The van der Waals surface area contributed by atoms with Crippen molar-refractivity contribution in [2.24, 2.45) is 10.1 Å². The average molecular weight is 329 g/mol. The summed E-state index contributed by atoms with van der Waals surface area (Å²) in [4.78, 5) is 6.31. The monoisotopic (exact) mass is 329 g/mol. The Kier molecular flexibility index (Phi) is 6.81. The van der Waals surface area contributed by atoms with Gasteiger partial charge in [0.1, 0.15) is 11.6 Å². The topological polar surface area (TPSA) is 52.5 Å². The van der Waals surface area contributed by atoms with E-state index < -0.39 is 0 Å². The van der Waals surface area contributed by atoms with Crippen molar-refractivity contribution in [1.82, 2.24) is 15.2 Å². The van der Waals surface area contributed by atoms with E-state index in [-0.39, 0.29) is 12.3 Å². The van der Waals surface area contributed by atoms with Gasteiger partial charge in [-0.25, -0.2) is 10.0 Å². The summed E-state index contributed by atoms with van der Waals surface area (Å²) in [6, 6.07) is 9.97. The first-order chi connectivity index (χ1) is 11.6. The lowest BCUT2D eigenvalue weighted by Crippen LogP contribution is -2.42. The van der Waals surface area contributed by atoms with E-state index in [0.29, 0.717) is 5.82 Å².